The highest BCUT2D eigenvalue weighted by atomic mass is 16.4. The van der Waals surface area contributed by atoms with E-state index in [-0.39, 0.29) is 24.4 Å². The first kappa shape index (κ1) is 21.6. The molecule has 0 spiro atoms. The molecular formula is C20H22N6O5. The average molecular weight is 426 g/mol. The van der Waals surface area contributed by atoms with Gasteiger partial charge in [-0.3, -0.25) is 9.59 Å². The molecule has 0 radical (unpaired) electrons. The van der Waals surface area contributed by atoms with E-state index in [2.05, 4.69) is 15.3 Å². The van der Waals surface area contributed by atoms with Crippen molar-refractivity contribution in [2.45, 2.75) is 31.8 Å². The van der Waals surface area contributed by atoms with Gasteiger partial charge in [-0.05, 0) is 36.6 Å². The number of hydrogen-bond acceptors (Lipinski definition) is 7. The molecule has 1 aromatic carbocycles. The minimum absolute atomic E-state index is 0.115. The van der Waals surface area contributed by atoms with Gasteiger partial charge in [-0.2, -0.15) is 4.98 Å². The summed E-state index contributed by atoms with van der Waals surface area (Å²) in [5, 5.41) is 20.2. The molecule has 0 aliphatic rings. The first-order chi connectivity index (χ1) is 14.7. The van der Waals surface area contributed by atoms with Crippen molar-refractivity contribution in [3.63, 3.8) is 0 Å². The van der Waals surface area contributed by atoms with E-state index < -0.39 is 23.9 Å². The Bertz CT molecular complexity index is 1130. The van der Waals surface area contributed by atoms with E-state index in [1.165, 1.54) is 0 Å². The maximum absolute atomic E-state index is 12.3. The van der Waals surface area contributed by atoms with Crippen LogP contribution in [0.3, 0.4) is 0 Å². The van der Waals surface area contributed by atoms with E-state index in [1.807, 2.05) is 10.8 Å². The summed E-state index contributed by atoms with van der Waals surface area (Å²) < 4.78 is 1.92. The number of aliphatic carboxylic acids is 2. The van der Waals surface area contributed by atoms with Crippen molar-refractivity contribution >= 4 is 40.6 Å². The standard InChI is InChI=1S/C20H22N6O5/c21-17-16-13(24-20(22)25-17)8-10-26(16)9-7-11-1-3-12(4-2-11)18(29)23-14(19(30)31)5-6-15(27)28/h1-4,8,10,14H,5-7,9H2,(H,23,29)(H,27,28)(H,30,31)(H4,21,22,24,25)/t14-/m0/s1. The van der Waals surface area contributed by atoms with Gasteiger partial charge in [0.15, 0.2) is 5.82 Å². The molecule has 1 amide bonds. The summed E-state index contributed by atoms with van der Waals surface area (Å²) in [6, 6.07) is 7.25. The van der Waals surface area contributed by atoms with Crippen LogP contribution in [0.1, 0.15) is 28.8 Å². The molecule has 0 aliphatic carbocycles. The van der Waals surface area contributed by atoms with Gasteiger partial charge in [-0.15, -0.1) is 0 Å². The molecule has 2 heterocycles. The summed E-state index contributed by atoms with van der Waals surface area (Å²) in [7, 11) is 0. The molecule has 0 fully saturated rings. The molecule has 2 aromatic heterocycles. The topological polar surface area (TPSA) is 186 Å². The van der Waals surface area contributed by atoms with Crippen LogP contribution in [0.5, 0.6) is 0 Å². The van der Waals surface area contributed by atoms with E-state index in [9.17, 15) is 14.4 Å². The molecule has 3 aromatic rings. The molecule has 0 aliphatic heterocycles. The lowest BCUT2D eigenvalue weighted by Gasteiger charge is -2.14. The Hall–Kier alpha value is -4.15. The van der Waals surface area contributed by atoms with Gasteiger partial charge in [0.05, 0.1) is 5.52 Å². The number of benzene rings is 1. The van der Waals surface area contributed by atoms with Crippen molar-refractivity contribution in [1.82, 2.24) is 19.9 Å². The number of aromatic nitrogens is 3. The highest BCUT2D eigenvalue weighted by Gasteiger charge is 2.21. The minimum Gasteiger partial charge on any atom is -0.481 e. The normalized spacial score (nSPS) is 11.9. The lowest BCUT2D eigenvalue weighted by atomic mass is 10.1. The van der Waals surface area contributed by atoms with Crippen LogP contribution >= 0.6 is 0 Å². The number of fused-ring (bicyclic) bond motifs is 1. The number of anilines is 2. The Balaban J connectivity index is 1.63. The second-order valence-corrected chi connectivity index (χ2v) is 6.95. The third-order valence-corrected chi connectivity index (χ3v) is 4.76. The fourth-order valence-electron chi connectivity index (χ4n) is 3.18. The number of carboxylic acids is 2. The van der Waals surface area contributed by atoms with E-state index >= 15 is 0 Å². The number of amides is 1. The van der Waals surface area contributed by atoms with E-state index in [0.717, 1.165) is 5.56 Å². The van der Waals surface area contributed by atoms with Crippen molar-refractivity contribution in [2.75, 3.05) is 11.5 Å². The van der Waals surface area contributed by atoms with Crippen molar-refractivity contribution in [2.24, 2.45) is 0 Å². The summed E-state index contributed by atoms with van der Waals surface area (Å²) in [5.41, 5.74) is 14.2. The van der Waals surface area contributed by atoms with Crippen LogP contribution in [0.4, 0.5) is 11.8 Å². The number of carboxylic acid groups (broad SMARTS) is 2. The molecule has 31 heavy (non-hydrogen) atoms. The Morgan fingerprint density at radius 2 is 1.77 bits per heavy atom. The fourth-order valence-corrected chi connectivity index (χ4v) is 3.18. The van der Waals surface area contributed by atoms with Crippen LogP contribution in [0.2, 0.25) is 0 Å². The Kier molecular flexibility index (Phi) is 6.34. The van der Waals surface area contributed by atoms with E-state index in [4.69, 9.17) is 21.7 Å². The minimum atomic E-state index is -1.28. The molecule has 11 heteroatoms. The zero-order chi connectivity index (χ0) is 22.5. The van der Waals surface area contributed by atoms with Crippen LogP contribution in [0.15, 0.2) is 36.5 Å². The van der Waals surface area contributed by atoms with Crippen LogP contribution in [0.25, 0.3) is 11.0 Å². The lowest BCUT2D eigenvalue weighted by molar-refractivity contribution is -0.140. The summed E-state index contributed by atoms with van der Waals surface area (Å²) >= 11 is 0. The van der Waals surface area contributed by atoms with Crippen molar-refractivity contribution in [1.29, 1.82) is 0 Å². The molecule has 11 nitrogen and oxygen atoms in total. The quantitative estimate of drug-likeness (QED) is 0.331. The van der Waals surface area contributed by atoms with Crippen molar-refractivity contribution in [3.8, 4) is 0 Å². The second-order valence-electron chi connectivity index (χ2n) is 6.95. The predicted molar refractivity (Wildman–Crippen MR) is 112 cm³/mol. The van der Waals surface area contributed by atoms with Crippen molar-refractivity contribution in [3.05, 3.63) is 47.7 Å². The number of carbonyl (C=O) groups is 3. The summed E-state index contributed by atoms with van der Waals surface area (Å²) in [6.07, 6.45) is 1.94. The number of hydrogen-bond donors (Lipinski definition) is 5. The van der Waals surface area contributed by atoms with Gasteiger partial charge in [0.2, 0.25) is 5.95 Å². The first-order valence-electron chi connectivity index (χ1n) is 9.47. The molecule has 162 valence electrons. The van der Waals surface area contributed by atoms with Gasteiger partial charge >= 0.3 is 11.9 Å². The van der Waals surface area contributed by atoms with Crippen LogP contribution in [0, 0.1) is 0 Å². The number of carbonyl (C=O) groups excluding carboxylic acids is 1. The Morgan fingerprint density at radius 1 is 1.06 bits per heavy atom. The highest BCUT2D eigenvalue weighted by Crippen LogP contribution is 2.20. The molecule has 7 N–H and O–H groups in total. The van der Waals surface area contributed by atoms with Gasteiger partial charge in [0.1, 0.15) is 11.6 Å². The summed E-state index contributed by atoms with van der Waals surface area (Å²) in [5.74, 6) is -2.57. The summed E-state index contributed by atoms with van der Waals surface area (Å²) in [6.45, 7) is 0.600. The van der Waals surface area contributed by atoms with Gasteiger partial charge in [0.25, 0.3) is 5.91 Å². The molecule has 0 unspecified atom stereocenters. The smallest absolute Gasteiger partial charge is 0.326 e. The second kappa shape index (κ2) is 9.11. The lowest BCUT2D eigenvalue weighted by Crippen LogP contribution is -2.41. The third-order valence-electron chi connectivity index (χ3n) is 4.76. The largest absolute Gasteiger partial charge is 0.481 e. The maximum Gasteiger partial charge on any atom is 0.326 e. The Morgan fingerprint density at radius 3 is 2.42 bits per heavy atom. The van der Waals surface area contributed by atoms with Gasteiger partial charge in [-0.1, -0.05) is 12.1 Å². The van der Waals surface area contributed by atoms with Gasteiger partial charge < -0.3 is 31.6 Å². The molecule has 0 saturated heterocycles. The summed E-state index contributed by atoms with van der Waals surface area (Å²) in [4.78, 5) is 42.3. The van der Waals surface area contributed by atoms with Crippen LogP contribution in [-0.2, 0) is 22.6 Å². The number of rotatable bonds is 9. The predicted octanol–water partition coefficient (Wildman–Crippen LogP) is 0.886. The van der Waals surface area contributed by atoms with Crippen LogP contribution in [-0.4, -0.2) is 48.6 Å². The molecule has 3 rings (SSSR count). The number of nitrogens with zero attached hydrogens (tertiary/aromatic N) is 3. The monoisotopic (exact) mass is 426 g/mol. The zero-order valence-corrected chi connectivity index (χ0v) is 16.5. The molecule has 0 saturated carbocycles. The number of nitrogens with two attached hydrogens (primary N) is 2. The highest BCUT2D eigenvalue weighted by molar-refractivity contribution is 5.96. The van der Waals surface area contributed by atoms with Crippen LogP contribution < -0.4 is 16.8 Å². The van der Waals surface area contributed by atoms with E-state index in [1.54, 1.807) is 30.3 Å². The van der Waals surface area contributed by atoms with Crippen molar-refractivity contribution < 1.29 is 24.6 Å². The van der Waals surface area contributed by atoms with Gasteiger partial charge in [-0.25, -0.2) is 9.78 Å². The maximum atomic E-state index is 12.3. The van der Waals surface area contributed by atoms with Gasteiger partial charge in [0, 0.05) is 24.7 Å². The number of aryl methyl sites for hydroxylation is 2. The molecular weight excluding hydrogens is 404 g/mol. The fraction of sp³-hybridized carbons (Fsp3) is 0.250. The SMILES string of the molecule is Nc1nc(N)c2c(ccn2CCc2ccc(C(=O)N[C@@H](CCC(=O)O)C(=O)O)cc2)n1. The molecule has 0 bridgehead atoms. The molecule has 1 atom stereocenters. The number of nitrogens with one attached hydrogen (secondary N) is 1. The average Bonchev–Trinajstić information content (AvgIpc) is 3.12. The first-order valence-corrected chi connectivity index (χ1v) is 9.47. The zero-order valence-electron chi connectivity index (χ0n) is 16.5. The third kappa shape index (κ3) is 5.26. The number of nitrogen functional groups attached to an aromatic ring is 2. The van der Waals surface area contributed by atoms with E-state index in [0.29, 0.717) is 29.8 Å². The Labute approximate surface area is 176 Å².